The van der Waals surface area contributed by atoms with Crippen LogP contribution in [0.2, 0.25) is 0 Å². The molecule has 0 unspecified atom stereocenters. The molecule has 0 bridgehead atoms. The van der Waals surface area contributed by atoms with Gasteiger partial charge in [0.15, 0.2) is 5.11 Å². The van der Waals surface area contributed by atoms with Crippen LogP contribution in [0.1, 0.15) is 41.2 Å². The van der Waals surface area contributed by atoms with E-state index in [-0.39, 0.29) is 16.7 Å². The van der Waals surface area contributed by atoms with E-state index in [9.17, 15) is 14.4 Å². The molecule has 2 heterocycles. The molecule has 1 aromatic carbocycles. The van der Waals surface area contributed by atoms with Crippen LogP contribution in [-0.4, -0.2) is 45.5 Å². The molecule has 7 nitrogen and oxygen atoms in total. The van der Waals surface area contributed by atoms with Crippen molar-refractivity contribution in [3.8, 4) is 5.69 Å². The number of carbonyl (C=O) groups is 3. The second-order valence-electron chi connectivity index (χ2n) is 6.80. The highest BCUT2D eigenvalue weighted by Gasteiger charge is 2.32. The van der Waals surface area contributed by atoms with Crippen LogP contribution in [0.15, 0.2) is 35.9 Å². The number of carbonyl (C=O) groups excluding carboxylic acids is 3. The number of rotatable bonds is 5. The highest BCUT2D eigenvalue weighted by atomic mass is 32.1. The van der Waals surface area contributed by atoms with Gasteiger partial charge in [0.25, 0.3) is 11.8 Å². The summed E-state index contributed by atoms with van der Waals surface area (Å²) in [6.07, 6.45) is 1.58. The van der Waals surface area contributed by atoms with Gasteiger partial charge in [-0.3, -0.25) is 19.8 Å². The topological polar surface area (TPSA) is 80.6 Å². The fourth-order valence-corrected chi connectivity index (χ4v) is 3.76. The highest BCUT2D eigenvalue weighted by molar-refractivity contribution is 7.80. The third kappa shape index (κ3) is 3.91. The van der Waals surface area contributed by atoms with Crippen LogP contribution in [0.25, 0.3) is 11.8 Å². The van der Waals surface area contributed by atoms with E-state index in [2.05, 4.69) is 5.32 Å². The molecule has 0 atom stereocenters. The third-order valence-corrected chi connectivity index (χ3v) is 5.21. The van der Waals surface area contributed by atoms with E-state index in [0.717, 1.165) is 22.6 Å². The Labute approximate surface area is 180 Å². The van der Waals surface area contributed by atoms with Gasteiger partial charge in [-0.15, -0.1) is 0 Å². The number of aryl methyl sites for hydroxylation is 1. The van der Waals surface area contributed by atoms with Crippen molar-refractivity contribution in [3.05, 3.63) is 58.4 Å². The van der Waals surface area contributed by atoms with Crippen molar-refractivity contribution in [1.29, 1.82) is 0 Å². The summed E-state index contributed by atoms with van der Waals surface area (Å²) in [4.78, 5) is 38.5. The maximum atomic E-state index is 12.7. The molecule has 1 aromatic heterocycles. The largest absolute Gasteiger partial charge is 0.462 e. The van der Waals surface area contributed by atoms with E-state index in [4.69, 9.17) is 17.0 Å². The lowest BCUT2D eigenvalue weighted by atomic mass is 10.1. The Morgan fingerprint density at radius 1 is 1.20 bits per heavy atom. The number of nitrogens with zero attached hydrogens (tertiary/aromatic N) is 2. The fraction of sp³-hybridized carbons (Fsp3) is 0.273. The Balaban J connectivity index is 2.03. The van der Waals surface area contributed by atoms with Crippen LogP contribution in [0.4, 0.5) is 0 Å². The lowest BCUT2D eigenvalue weighted by molar-refractivity contribution is -0.128. The van der Waals surface area contributed by atoms with Gasteiger partial charge in [0.05, 0.1) is 12.2 Å². The summed E-state index contributed by atoms with van der Waals surface area (Å²) in [6.45, 7) is 8.04. The van der Waals surface area contributed by atoms with Crippen LogP contribution in [0, 0.1) is 13.8 Å². The van der Waals surface area contributed by atoms with Gasteiger partial charge in [-0.2, -0.15) is 0 Å². The van der Waals surface area contributed by atoms with Gasteiger partial charge < -0.3 is 9.30 Å². The van der Waals surface area contributed by atoms with Gasteiger partial charge in [-0.25, -0.2) is 4.79 Å². The molecular weight excluding hydrogens is 402 g/mol. The average molecular weight is 426 g/mol. The summed E-state index contributed by atoms with van der Waals surface area (Å²) in [7, 11) is 0. The molecule has 3 rings (SSSR count). The number of hydrogen-bond acceptors (Lipinski definition) is 5. The second kappa shape index (κ2) is 8.62. The number of aromatic nitrogens is 1. The lowest BCUT2D eigenvalue weighted by Crippen LogP contribution is -2.53. The molecule has 1 N–H and O–H groups in total. The molecule has 1 fully saturated rings. The number of likely N-dealkylation sites (N-methyl/N-ethyl adjacent to an activating group) is 1. The first-order chi connectivity index (χ1) is 14.3. The maximum absolute atomic E-state index is 12.7. The molecule has 1 saturated heterocycles. The van der Waals surface area contributed by atoms with Gasteiger partial charge in [0.2, 0.25) is 0 Å². The zero-order valence-corrected chi connectivity index (χ0v) is 18.1. The Morgan fingerprint density at radius 2 is 1.93 bits per heavy atom. The summed E-state index contributed by atoms with van der Waals surface area (Å²) >= 11 is 5.07. The predicted octanol–water partition coefficient (Wildman–Crippen LogP) is 2.92. The molecule has 0 radical (unpaired) electrons. The van der Waals surface area contributed by atoms with Crippen LogP contribution in [-0.2, 0) is 14.3 Å². The molecule has 1 aliphatic rings. The first-order valence-corrected chi connectivity index (χ1v) is 10.0. The van der Waals surface area contributed by atoms with E-state index in [1.54, 1.807) is 38.1 Å². The molecule has 1 aliphatic heterocycles. The Morgan fingerprint density at radius 3 is 2.60 bits per heavy atom. The van der Waals surface area contributed by atoms with Crippen LogP contribution in [0.5, 0.6) is 0 Å². The number of ether oxygens (including phenoxy) is 1. The van der Waals surface area contributed by atoms with Gasteiger partial charge in [-0.1, -0.05) is 6.07 Å². The molecule has 156 valence electrons. The van der Waals surface area contributed by atoms with Crippen LogP contribution in [0.3, 0.4) is 0 Å². The van der Waals surface area contributed by atoms with E-state index < -0.39 is 11.8 Å². The smallest absolute Gasteiger partial charge is 0.338 e. The predicted molar refractivity (Wildman–Crippen MR) is 117 cm³/mol. The quantitative estimate of drug-likeness (QED) is 0.345. The first-order valence-electron chi connectivity index (χ1n) is 9.63. The number of hydrogen-bond donors (Lipinski definition) is 1. The van der Waals surface area contributed by atoms with E-state index in [1.807, 2.05) is 30.5 Å². The molecular formula is C22H23N3O4S. The van der Waals surface area contributed by atoms with Crippen molar-refractivity contribution in [2.24, 2.45) is 0 Å². The first kappa shape index (κ1) is 21.4. The SMILES string of the molecule is CCOC(=O)c1cccc(-n2c(C)cc(/C=C3\C(=O)NC(=S)N(CC)C3=O)c2C)c1. The minimum Gasteiger partial charge on any atom is -0.462 e. The minimum absolute atomic E-state index is 0.0333. The van der Waals surface area contributed by atoms with Gasteiger partial charge >= 0.3 is 5.97 Å². The van der Waals surface area contributed by atoms with Gasteiger partial charge in [0.1, 0.15) is 5.57 Å². The molecule has 0 spiro atoms. The Bertz CT molecular complexity index is 1080. The van der Waals surface area contributed by atoms with Crippen molar-refractivity contribution >= 4 is 41.2 Å². The average Bonchev–Trinajstić information content (AvgIpc) is 2.98. The summed E-state index contributed by atoms with van der Waals surface area (Å²) < 4.78 is 7.04. The lowest BCUT2D eigenvalue weighted by Gasteiger charge is -2.27. The van der Waals surface area contributed by atoms with Crippen LogP contribution >= 0.6 is 12.2 Å². The second-order valence-corrected chi connectivity index (χ2v) is 7.19. The molecule has 8 heteroatoms. The van der Waals surface area contributed by atoms with Gasteiger partial charge in [-0.05, 0) is 75.8 Å². The zero-order valence-electron chi connectivity index (χ0n) is 17.3. The molecule has 2 amide bonds. The standard InChI is InChI=1S/C22H23N3O4S/c1-5-24-20(27)18(19(26)23-22(24)30)12-16-10-13(3)25(14(16)4)17-9-7-8-15(11-17)21(28)29-6-2/h7-12H,5-6H2,1-4H3,(H,23,26,30)/b18-12+. The minimum atomic E-state index is -0.510. The van der Waals surface area contributed by atoms with E-state index in [0.29, 0.717) is 18.7 Å². The molecule has 2 aromatic rings. The maximum Gasteiger partial charge on any atom is 0.338 e. The third-order valence-electron chi connectivity index (χ3n) is 4.89. The Hall–Kier alpha value is -3.26. The highest BCUT2D eigenvalue weighted by Crippen LogP contribution is 2.25. The normalized spacial score (nSPS) is 15.5. The summed E-state index contributed by atoms with van der Waals surface area (Å²) in [5.74, 6) is -1.31. The molecule has 0 saturated carbocycles. The van der Waals surface area contributed by atoms with Crippen molar-refractivity contribution in [3.63, 3.8) is 0 Å². The number of benzene rings is 1. The number of amides is 2. The van der Waals surface area contributed by atoms with Crippen molar-refractivity contribution < 1.29 is 19.1 Å². The summed E-state index contributed by atoms with van der Waals surface area (Å²) in [5, 5.41) is 2.67. The fourth-order valence-electron chi connectivity index (χ4n) is 3.45. The zero-order chi connectivity index (χ0) is 22.0. The summed E-state index contributed by atoms with van der Waals surface area (Å²) in [6, 6.07) is 9.02. The number of nitrogens with one attached hydrogen (secondary N) is 1. The number of esters is 1. The van der Waals surface area contributed by atoms with Crippen molar-refractivity contribution in [2.45, 2.75) is 27.7 Å². The molecule has 30 heavy (non-hydrogen) atoms. The van der Waals surface area contributed by atoms with Crippen molar-refractivity contribution in [1.82, 2.24) is 14.8 Å². The van der Waals surface area contributed by atoms with Crippen molar-refractivity contribution in [2.75, 3.05) is 13.2 Å². The monoisotopic (exact) mass is 425 g/mol. The molecule has 0 aliphatic carbocycles. The van der Waals surface area contributed by atoms with E-state index >= 15 is 0 Å². The van der Waals surface area contributed by atoms with Crippen LogP contribution < -0.4 is 5.32 Å². The summed E-state index contributed by atoms with van der Waals surface area (Å²) in [5.41, 5.74) is 3.73. The van der Waals surface area contributed by atoms with Gasteiger partial charge in [0, 0.05) is 23.6 Å². The number of thiocarbonyl (C=S) groups is 1. The Kier molecular flexibility index (Phi) is 6.17. The van der Waals surface area contributed by atoms with E-state index in [1.165, 1.54) is 4.90 Å².